The molecule has 4 nitrogen and oxygen atoms in total. The van der Waals surface area contributed by atoms with E-state index in [4.69, 9.17) is 5.73 Å². The van der Waals surface area contributed by atoms with Gasteiger partial charge in [-0.2, -0.15) is 0 Å². The summed E-state index contributed by atoms with van der Waals surface area (Å²) in [6.45, 7) is 4.86. The summed E-state index contributed by atoms with van der Waals surface area (Å²) >= 11 is 1.73. The molecular weight excluding hydrogens is 359 g/mol. The fourth-order valence-corrected chi connectivity index (χ4v) is 2.74. The maximum absolute atomic E-state index is 5.99. The summed E-state index contributed by atoms with van der Waals surface area (Å²) in [6.07, 6.45) is 6.76. The standard InChI is InChI=1S/C12H20N4S.HI/c1-2-10-8-14-11(17-10)9-15-12(13)16-6-4-3-5-7-16;/h8H,2-7,9H2,1H3,(H2,13,15);1H. The van der Waals surface area contributed by atoms with Gasteiger partial charge in [-0.1, -0.05) is 6.92 Å². The smallest absolute Gasteiger partial charge is 0.191 e. The minimum absolute atomic E-state index is 0. The van der Waals surface area contributed by atoms with Crippen molar-refractivity contribution in [3.05, 3.63) is 16.1 Å². The predicted octanol–water partition coefficient (Wildman–Crippen LogP) is 2.62. The summed E-state index contributed by atoms with van der Waals surface area (Å²) in [4.78, 5) is 12.3. The van der Waals surface area contributed by atoms with Crippen molar-refractivity contribution in [2.75, 3.05) is 13.1 Å². The third-order valence-corrected chi connectivity index (χ3v) is 4.13. The highest BCUT2D eigenvalue weighted by Crippen LogP contribution is 2.14. The number of hydrogen-bond donors (Lipinski definition) is 1. The number of nitrogens with two attached hydrogens (primary N) is 1. The molecule has 1 aliphatic rings. The molecular formula is C12H21IN4S. The first-order chi connectivity index (χ1) is 8.29. The number of nitrogens with zero attached hydrogens (tertiary/aromatic N) is 3. The van der Waals surface area contributed by atoms with E-state index < -0.39 is 0 Å². The number of aromatic nitrogens is 1. The van der Waals surface area contributed by atoms with Crippen LogP contribution in [-0.2, 0) is 13.0 Å². The average molecular weight is 380 g/mol. The molecule has 0 atom stereocenters. The molecule has 18 heavy (non-hydrogen) atoms. The second-order valence-electron chi connectivity index (χ2n) is 4.30. The van der Waals surface area contributed by atoms with Gasteiger partial charge in [0.15, 0.2) is 5.96 Å². The van der Waals surface area contributed by atoms with E-state index in [2.05, 4.69) is 21.8 Å². The van der Waals surface area contributed by atoms with E-state index in [-0.39, 0.29) is 24.0 Å². The van der Waals surface area contributed by atoms with Crippen molar-refractivity contribution < 1.29 is 0 Å². The average Bonchev–Trinajstić information content (AvgIpc) is 2.85. The molecule has 0 spiro atoms. The molecule has 0 aromatic carbocycles. The van der Waals surface area contributed by atoms with Crippen LogP contribution >= 0.6 is 35.3 Å². The minimum Gasteiger partial charge on any atom is -0.370 e. The van der Waals surface area contributed by atoms with Crippen LogP contribution in [0.5, 0.6) is 0 Å². The second-order valence-corrected chi connectivity index (χ2v) is 5.50. The van der Waals surface area contributed by atoms with E-state index in [0.717, 1.165) is 24.5 Å². The molecule has 2 rings (SSSR count). The molecule has 0 saturated carbocycles. The van der Waals surface area contributed by atoms with Gasteiger partial charge in [0.2, 0.25) is 0 Å². The Hall–Kier alpha value is -0.370. The van der Waals surface area contributed by atoms with Gasteiger partial charge >= 0.3 is 0 Å². The number of guanidine groups is 1. The summed E-state index contributed by atoms with van der Waals surface area (Å²) in [5, 5.41) is 1.06. The van der Waals surface area contributed by atoms with E-state index in [1.807, 2.05) is 6.20 Å². The lowest BCUT2D eigenvalue weighted by molar-refractivity contribution is 0.338. The van der Waals surface area contributed by atoms with Crippen LogP contribution in [0, 0.1) is 0 Å². The molecule has 0 unspecified atom stereocenters. The molecule has 6 heteroatoms. The van der Waals surface area contributed by atoms with Crippen LogP contribution in [0.25, 0.3) is 0 Å². The second kappa shape index (κ2) is 7.93. The van der Waals surface area contributed by atoms with Gasteiger partial charge in [-0.15, -0.1) is 35.3 Å². The van der Waals surface area contributed by atoms with Gasteiger partial charge in [0.1, 0.15) is 5.01 Å². The maximum atomic E-state index is 5.99. The van der Waals surface area contributed by atoms with Crippen LogP contribution in [0.1, 0.15) is 36.1 Å². The van der Waals surface area contributed by atoms with Crippen LogP contribution in [0.2, 0.25) is 0 Å². The maximum Gasteiger partial charge on any atom is 0.191 e. The Morgan fingerprint density at radius 3 is 2.78 bits per heavy atom. The quantitative estimate of drug-likeness (QED) is 0.498. The van der Waals surface area contributed by atoms with Crippen molar-refractivity contribution in [1.82, 2.24) is 9.88 Å². The van der Waals surface area contributed by atoms with Crippen molar-refractivity contribution in [3.63, 3.8) is 0 Å². The molecule has 0 bridgehead atoms. The molecule has 1 aliphatic heterocycles. The molecule has 0 amide bonds. The zero-order valence-electron chi connectivity index (χ0n) is 10.8. The highest BCUT2D eigenvalue weighted by Gasteiger charge is 2.11. The fourth-order valence-electron chi connectivity index (χ4n) is 1.96. The lowest BCUT2D eigenvalue weighted by Gasteiger charge is -2.27. The molecule has 2 heterocycles. The number of likely N-dealkylation sites (tertiary alicyclic amines) is 1. The highest BCUT2D eigenvalue weighted by atomic mass is 127. The summed E-state index contributed by atoms with van der Waals surface area (Å²) in [6, 6.07) is 0. The summed E-state index contributed by atoms with van der Waals surface area (Å²) in [7, 11) is 0. The largest absolute Gasteiger partial charge is 0.370 e. The van der Waals surface area contributed by atoms with Gasteiger partial charge in [-0.3, -0.25) is 0 Å². The van der Waals surface area contributed by atoms with Gasteiger partial charge in [0.05, 0.1) is 6.54 Å². The number of piperidine rings is 1. The molecule has 1 saturated heterocycles. The topological polar surface area (TPSA) is 54.5 Å². The van der Waals surface area contributed by atoms with Gasteiger partial charge in [0, 0.05) is 24.2 Å². The van der Waals surface area contributed by atoms with Crippen LogP contribution in [0.4, 0.5) is 0 Å². The highest BCUT2D eigenvalue weighted by molar-refractivity contribution is 14.0. The van der Waals surface area contributed by atoms with Crippen molar-refractivity contribution in [2.24, 2.45) is 10.7 Å². The van der Waals surface area contributed by atoms with Crippen molar-refractivity contribution >= 4 is 41.3 Å². The summed E-state index contributed by atoms with van der Waals surface area (Å²) < 4.78 is 0. The zero-order chi connectivity index (χ0) is 12.1. The molecule has 0 aliphatic carbocycles. The number of aryl methyl sites for hydroxylation is 1. The first-order valence-corrected chi connectivity index (χ1v) is 7.09. The van der Waals surface area contributed by atoms with Crippen molar-refractivity contribution in [3.8, 4) is 0 Å². The van der Waals surface area contributed by atoms with Gasteiger partial charge < -0.3 is 10.6 Å². The molecule has 1 fully saturated rings. The van der Waals surface area contributed by atoms with Gasteiger partial charge in [-0.25, -0.2) is 9.98 Å². The number of aliphatic imine (C=N–C) groups is 1. The Morgan fingerprint density at radius 1 is 1.44 bits per heavy atom. The monoisotopic (exact) mass is 380 g/mol. The summed E-state index contributed by atoms with van der Waals surface area (Å²) in [5.74, 6) is 0.679. The molecule has 2 N–H and O–H groups in total. The lowest BCUT2D eigenvalue weighted by Crippen LogP contribution is -2.40. The summed E-state index contributed by atoms with van der Waals surface area (Å²) in [5.41, 5.74) is 5.99. The minimum atomic E-state index is 0. The van der Waals surface area contributed by atoms with Crippen molar-refractivity contribution in [2.45, 2.75) is 39.2 Å². The molecule has 0 radical (unpaired) electrons. The Kier molecular flexibility index (Phi) is 6.91. The van der Waals surface area contributed by atoms with E-state index in [0.29, 0.717) is 12.5 Å². The van der Waals surface area contributed by atoms with Crippen LogP contribution < -0.4 is 5.73 Å². The fraction of sp³-hybridized carbons (Fsp3) is 0.667. The Balaban J connectivity index is 0.00000162. The molecule has 1 aromatic heterocycles. The van der Waals surface area contributed by atoms with Crippen molar-refractivity contribution in [1.29, 1.82) is 0 Å². The first-order valence-electron chi connectivity index (χ1n) is 6.28. The van der Waals surface area contributed by atoms with Gasteiger partial charge in [-0.05, 0) is 25.7 Å². The SMILES string of the molecule is CCc1cnc(CN=C(N)N2CCCCC2)s1.I. The predicted molar refractivity (Wildman–Crippen MR) is 87.7 cm³/mol. The zero-order valence-corrected chi connectivity index (χ0v) is 13.9. The van der Waals surface area contributed by atoms with Crippen LogP contribution in [0.15, 0.2) is 11.2 Å². The van der Waals surface area contributed by atoms with Crippen LogP contribution in [0.3, 0.4) is 0 Å². The Morgan fingerprint density at radius 2 is 2.17 bits per heavy atom. The number of halogens is 1. The Bertz CT molecular complexity index is 385. The van der Waals surface area contributed by atoms with E-state index in [1.165, 1.54) is 24.1 Å². The lowest BCUT2D eigenvalue weighted by atomic mass is 10.1. The van der Waals surface area contributed by atoms with Crippen LogP contribution in [-0.4, -0.2) is 28.9 Å². The number of thiazole rings is 1. The van der Waals surface area contributed by atoms with E-state index in [9.17, 15) is 0 Å². The first kappa shape index (κ1) is 15.7. The molecule has 1 aromatic rings. The third-order valence-electron chi connectivity index (χ3n) is 3.01. The van der Waals surface area contributed by atoms with E-state index in [1.54, 1.807) is 11.3 Å². The molecule has 102 valence electrons. The Labute approximate surface area is 130 Å². The van der Waals surface area contributed by atoms with Gasteiger partial charge in [0.25, 0.3) is 0 Å². The normalized spacial score (nSPS) is 16.5. The number of rotatable bonds is 3. The number of hydrogen-bond acceptors (Lipinski definition) is 3. The third kappa shape index (κ3) is 4.38. The van der Waals surface area contributed by atoms with E-state index >= 15 is 0 Å².